The lowest BCUT2D eigenvalue weighted by Gasteiger charge is -2.25. The number of Topliss-reactive ketones (excluding diaryl/α,β-unsaturated/α-hetero) is 1. The number of aryl methyl sites for hydroxylation is 2. The van der Waals surface area contributed by atoms with E-state index in [1.165, 1.54) is 22.5 Å². The normalized spacial score (nSPS) is 16.4. The fourth-order valence-electron chi connectivity index (χ4n) is 3.62. The smallest absolute Gasteiger partial charge is 0.290 e. The van der Waals surface area contributed by atoms with E-state index in [0.717, 1.165) is 10.6 Å². The summed E-state index contributed by atoms with van der Waals surface area (Å²) in [7, 11) is 1.56. The van der Waals surface area contributed by atoms with Crippen molar-refractivity contribution in [2.24, 2.45) is 0 Å². The number of carbonyl (C=O) groups excluding carboxylic acids is 2. The van der Waals surface area contributed by atoms with E-state index in [9.17, 15) is 14.7 Å². The molecule has 8 heteroatoms. The molecular weight excluding hydrogens is 404 g/mol. The Morgan fingerprint density at radius 1 is 1.30 bits per heavy atom. The second-order valence-corrected chi connectivity index (χ2v) is 8.14. The van der Waals surface area contributed by atoms with Gasteiger partial charge in [0.15, 0.2) is 5.76 Å². The second kappa shape index (κ2) is 7.79. The number of hydrogen-bond acceptors (Lipinski definition) is 7. The number of aliphatic hydroxyl groups is 1. The molecule has 0 spiro atoms. The van der Waals surface area contributed by atoms with Crippen LogP contribution in [0.3, 0.4) is 0 Å². The summed E-state index contributed by atoms with van der Waals surface area (Å²) in [6.07, 6.45) is 1.48. The molecule has 0 aliphatic carbocycles. The zero-order valence-corrected chi connectivity index (χ0v) is 17.5. The molecule has 30 heavy (non-hydrogen) atoms. The first kappa shape index (κ1) is 19.9. The summed E-state index contributed by atoms with van der Waals surface area (Å²) < 4.78 is 10.8. The number of aliphatic hydroxyl groups excluding tert-OH is 1. The summed E-state index contributed by atoms with van der Waals surface area (Å²) in [6.45, 7) is 3.71. The summed E-state index contributed by atoms with van der Waals surface area (Å²) in [4.78, 5) is 32.5. The average molecular weight is 424 g/mol. The number of methoxy groups -OCH3 is 1. The Balaban J connectivity index is 1.76. The fourth-order valence-corrected chi connectivity index (χ4v) is 4.50. The molecule has 1 atom stereocenters. The highest BCUT2D eigenvalue weighted by Crippen LogP contribution is 2.41. The van der Waals surface area contributed by atoms with Gasteiger partial charge in [0.1, 0.15) is 17.6 Å². The highest BCUT2D eigenvalue weighted by Gasteiger charge is 2.45. The lowest BCUT2D eigenvalue weighted by Crippen LogP contribution is -2.30. The van der Waals surface area contributed by atoms with Crippen LogP contribution in [-0.2, 0) is 11.3 Å². The Morgan fingerprint density at radius 2 is 2.10 bits per heavy atom. The third kappa shape index (κ3) is 3.39. The highest BCUT2D eigenvalue weighted by molar-refractivity contribution is 7.14. The number of ether oxygens (including phenoxy) is 1. The van der Waals surface area contributed by atoms with Crippen molar-refractivity contribution < 1.29 is 23.8 Å². The molecule has 0 saturated heterocycles. The third-order valence-corrected chi connectivity index (χ3v) is 6.03. The summed E-state index contributed by atoms with van der Waals surface area (Å²) in [5.74, 6) is -0.551. The number of carbonyl (C=O) groups is 2. The van der Waals surface area contributed by atoms with Crippen LogP contribution in [0.2, 0.25) is 0 Å². The van der Waals surface area contributed by atoms with E-state index >= 15 is 0 Å². The van der Waals surface area contributed by atoms with Gasteiger partial charge in [-0.15, -0.1) is 11.3 Å². The van der Waals surface area contributed by atoms with E-state index in [-0.39, 0.29) is 12.1 Å². The molecule has 7 nitrogen and oxygen atoms in total. The number of thiazole rings is 1. The molecule has 1 aliphatic rings. The van der Waals surface area contributed by atoms with E-state index in [1.807, 2.05) is 19.1 Å². The molecule has 3 heterocycles. The fraction of sp³-hybridized carbons (Fsp3) is 0.227. The first-order valence-corrected chi connectivity index (χ1v) is 10.1. The Hall–Kier alpha value is -3.39. The number of furan rings is 1. The van der Waals surface area contributed by atoms with Gasteiger partial charge in [-0.1, -0.05) is 12.1 Å². The Bertz CT molecular complexity index is 1150. The van der Waals surface area contributed by atoms with Crippen molar-refractivity contribution in [3.8, 4) is 5.75 Å². The molecule has 2 aromatic heterocycles. The van der Waals surface area contributed by atoms with Crippen molar-refractivity contribution >= 4 is 23.0 Å². The molecular formula is C22H20N2O5S. The van der Waals surface area contributed by atoms with Crippen LogP contribution in [0.25, 0.3) is 0 Å². The van der Waals surface area contributed by atoms with Crippen LogP contribution in [-0.4, -0.2) is 33.8 Å². The van der Waals surface area contributed by atoms with Gasteiger partial charge in [-0.25, -0.2) is 4.98 Å². The predicted molar refractivity (Wildman–Crippen MR) is 111 cm³/mol. The van der Waals surface area contributed by atoms with Crippen molar-refractivity contribution in [1.82, 2.24) is 9.88 Å². The SMILES string of the molecule is COc1cccc(CN2C(=O)C(O)=C(C(=O)c3sc(C)nc3C)C2c2ccco2)c1. The van der Waals surface area contributed by atoms with Crippen molar-refractivity contribution in [1.29, 1.82) is 0 Å². The summed E-state index contributed by atoms with van der Waals surface area (Å²) in [5, 5.41) is 11.4. The van der Waals surface area contributed by atoms with Gasteiger partial charge in [-0.3, -0.25) is 9.59 Å². The molecule has 0 fully saturated rings. The topological polar surface area (TPSA) is 92.9 Å². The minimum atomic E-state index is -0.840. The largest absolute Gasteiger partial charge is 0.503 e. The lowest BCUT2D eigenvalue weighted by atomic mass is 9.99. The van der Waals surface area contributed by atoms with Gasteiger partial charge in [-0.05, 0) is 43.7 Å². The molecule has 4 rings (SSSR count). The number of ketones is 1. The van der Waals surface area contributed by atoms with Crippen LogP contribution >= 0.6 is 11.3 Å². The summed E-state index contributed by atoms with van der Waals surface area (Å²) >= 11 is 1.24. The Labute approximate surface area is 177 Å². The maximum Gasteiger partial charge on any atom is 0.290 e. The molecule has 154 valence electrons. The van der Waals surface area contributed by atoms with Gasteiger partial charge >= 0.3 is 0 Å². The first-order chi connectivity index (χ1) is 14.4. The number of benzene rings is 1. The van der Waals surface area contributed by atoms with Crippen molar-refractivity contribution in [3.05, 3.63) is 80.9 Å². The Morgan fingerprint density at radius 3 is 2.73 bits per heavy atom. The van der Waals surface area contributed by atoms with Gasteiger partial charge in [0, 0.05) is 6.54 Å². The van der Waals surface area contributed by atoms with Gasteiger partial charge in [0.2, 0.25) is 5.78 Å². The average Bonchev–Trinajstić information content (AvgIpc) is 3.43. The maximum absolute atomic E-state index is 13.4. The predicted octanol–water partition coefficient (Wildman–Crippen LogP) is 4.14. The van der Waals surface area contributed by atoms with Crippen LogP contribution in [0.15, 0.2) is 58.4 Å². The van der Waals surface area contributed by atoms with Gasteiger partial charge < -0.3 is 19.2 Å². The lowest BCUT2D eigenvalue weighted by molar-refractivity contribution is -0.130. The molecule has 1 N–H and O–H groups in total. The van der Waals surface area contributed by atoms with E-state index in [4.69, 9.17) is 9.15 Å². The highest BCUT2D eigenvalue weighted by atomic mass is 32.1. The molecule has 1 unspecified atom stereocenters. The number of rotatable bonds is 6. The van der Waals surface area contributed by atoms with Gasteiger partial charge in [-0.2, -0.15) is 0 Å². The van der Waals surface area contributed by atoms with E-state index in [2.05, 4.69) is 4.98 Å². The molecule has 0 bridgehead atoms. The van der Waals surface area contributed by atoms with Crippen molar-refractivity contribution in [3.63, 3.8) is 0 Å². The van der Waals surface area contributed by atoms with Crippen LogP contribution in [0.1, 0.15) is 37.7 Å². The monoisotopic (exact) mass is 424 g/mol. The molecule has 0 saturated carbocycles. The standard InChI is InChI=1S/C22H20N2O5S/c1-12-21(30-13(2)23-12)19(25)17-18(16-8-5-9-29-16)24(22(27)20(17)26)11-14-6-4-7-15(10-14)28-3/h4-10,18,26H,11H2,1-3H3. The van der Waals surface area contributed by atoms with Crippen molar-refractivity contribution in [2.45, 2.75) is 26.4 Å². The van der Waals surface area contributed by atoms with Crippen molar-refractivity contribution in [2.75, 3.05) is 7.11 Å². The Kier molecular flexibility index (Phi) is 5.17. The molecule has 3 aromatic rings. The zero-order valence-electron chi connectivity index (χ0n) is 16.7. The minimum absolute atomic E-state index is 0.00426. The number of aromatic nitrogens is 1. The summed E-state index contributed by atoms with van der Waals surface area (Å²) in [5.41, 5.74) is 1.37. The zero-order chi connectivity index (χ0) is 21.4. The van der Waals surface area contributed by atoms with E-state index < -0.39 is 23.5 Å². The van der Waals surface area contributed by atoms with E-state index in [1.54, 1.807) is 38.3 Å². The molecule has 1 aliphatic heterocycles. The van der Waals surface area contributed by atoms with Crippen LogP contribution < -0.4 is 4.74 Å². The van der Waals surface area contributed by atoms with E-state index in [0.29, 0.717) is 22.1 Å². The van der Waals surface area contributed by atoms with Crippen LogP contribution in [0, 0.1) is 13.8 Å². The number of amides is 1. The van der Waals surface area contributed by atoms with Gasteiger partial charge in [0.25, 0.3) is 5.91 Å². The second-order valence-electron chi connectivity index (χ2n) is 6.94. The summed E-state index contributed by atoms with van der Waals surface area (Å²) in [6, 6.07) is 9.81. The quantitative estimate of drug-likeness (QED) is 0.598. The molecule has 1 aromatic carbocycles. The minimum Gasteiger partial charge on any atom is -0.503 e. The molecule has 1 amide bonds. The number of hydrogen-bond donors (Lipinski definition) is 1. The maximum atomic E-state index is 13.4. The van der Waals surface area contributed by atoms with Crippen LogP contribution in [0.4, 0.5) is 0 Å². The number of nitrogens with zero attached hydrogens (tertiary/aromatic N) is 2. The first-order valence-electron chi connectivity index (χ1n) is 9.30. The van der Waals surface area contributed by atoms with Gasteiger partial charge in [0.05, 0.1) is 34.5 Å². The van der Waals surface area contributed by atoms with Crippen LogP contribution in [0.5, 0.6) is 5.75 Å². The third-order valence-electron chi connectivity index (χ3n) is 4.96. The molecule has 0 radical (unpaired) electrons.